The number of carbonyl (C=O) groups is 1. The molecule has 1 saturated carbocycles. The zero-order chi connectivity index (χ0) is 17.5. The molecule has 0 spiro atoms. The number of amides is 1. The molecule has 23 heavy (non-hydrogen) atoms. The Balaban J connectivity index is 2.25. The lowest BCUT2D eigenvalue weighted by Crippen LogP contribution is -2.40. The molecule has 2 unspecified atom stereocenters. The van der Waals surface area contributed by atoms with Gasteiger partial charge in [-0.3, -0.25) is 0 Å². The van der Waals surface area contributed by atoms with Crippen LogP contribution in [0.5, 0.6) is 0 Å². The highest BCUT2D eigenvalue weighted by molar-refractivity contribution is 5.68. The summed E-state index contributed by atoms with van der Waals surface area (Å²) in [6.07, 6.45) is 6.12. The molecular weight excluding hydrogens is 288 g/mol. The molecule has 1 amide bonds. The molecule has 0 radical (unpaired) electrons. The van der Waals surface area contributed by atoms with Gasteiger partial charge >= 0.3 is 6.09 Å². The smallest absolute Gasteiger partial charge is 0.410 e. The van der Waals surface area contributed by atoms with E-state index in [9.17, 15) is 4.79 Å². The van der Waals surface area contributed by atoms with Crippen molar-refractivity contribution in [1.29, 1.82) is 0 Å². The van der Waals surface area contributed by atoms with Gasteiger partial charge < -0.3 is 15.0 Å². The summed E-state index contributed by atoms with van der Waals surface area (Å²) >= 11 is 0. The van der Waals surface area contributed by atoms with Gasteiger partial charge in [0.2, 0.25) is 0 Å². The molecule has 1 aliphatic rings. The predicted molar refractivity (Wildman–Crippen MR) is 96.7 cm³/mol. The molecule has 0 bridgehead atoms. The van der Waals surface area contributed by atoms with Gasteiger partial charge in [-0.15, -0.1) is 0 Å². The average molecular weight is 327 g/mol. The second kappa shape index (κ2) is 9.51. The predicted octanol–water partition coefficient (Wildman–Crippen LogP) is 4.44. The normalized spacial score (nSPS) is 22.2. The SMILES string of the molecule is CCN(CCCNC1CCCC(C(C)C)C1)C(=O)OC(C)(C)C. The summed E-state index contributed by atoms with van der Waals surface area (Å²) in [5.74, 6) is 1.66. The molecular formula is C19H38N2O2. The van der Waals surface area contributed by atoms with Crippen LogP contribution in [0.2, 0.25) is 0 Å². The number of hydrogen-bond acceptors (Lipinski definition) is 3. The molecule has 4 heteroatoms. The van der Waals surface area contributed by atoms with Crippen LogP contribution in [0.1, 0.15) is 73.6 Å². The molecule has 0 aromatic carbocycles. The van der Waals surface area contributed by atoms with Crippen molar-refractivity contribution in [2.45, 2.75) is 85.3 Å². The van der Waals surface area contributed by atoms with Crippen LogP contribution < -0.4 is 5.32 Å². The van der Waals surface area contributed by atoms with Crippen molar-refractivity contribution >= 4 is 6.09 Å². The highest BCUT2D eigenvalue weighted by Crippen LogP contribution is 2.29. The Morgan fingerprint density at radius 2 is 2.00 bits per heavy atom. The van der Waals surface area contributed by atoms with Gasteiger partial charge in [0.1, 0.15) is 5.60 Å². The van der Waals surface area contributed by atoms with Gasteiger partial charge in [0.05, 0.1) is 0 Å². The van der Waals surface area contributed by atoms with E-state index in [0.29, 0.717) is 12.6 Å². The van der Waals surface area contributed by atoms with E-state index in [1.54, 1.807) is 4.90 Å². The van der Waals surface area contributed by atoms with E-state index >= 15 is 0 Å². The van der Waals surface area contributed by atoms with Gasteiger partial charge in [-0.2, -0.15) is 0 Å². The highest BCUT2D eigenvalue weighted by atomic mass is 16.6. The molecule has 0 saturated heterocycles. The largest absolute Gasteiger partial charge is 0.444 e. The van der Waals surface area contributed by atoms with Gasteiger partial charge in [-0.05, 0) is 65.3 Å². The van der Waals surface area contributed by atoms with Crippen molar-refractivity contribution in [2.24, 2.45) is 11.8 Å². The fourth-order valence-electron chi connectivity index (χ4n) is 3.30. The van der Waals surface area contributed by atoms with Crippen molar-refractivity contribution in [3.8, 4) is 0 Å². The van der Waals surface area contributed by atoms with Gasteiger partial charge in [-0.25, -0.2) is 4.79 Å². The van der Waals surface area contributed by atoms with Gasteiger partial charge in [0, 0.05) is 19.1 Å². The number of ether oxygens (including phenoxy) is 1. The molecule has 1 rings (SSSR count). The summed E-state index contributed by atoms with van der Waals surface area (Å²) in [6, 6.07) is 0.660. The van der Waals surface area contributed by atoms with E-state index in [-0.39, 0.29) is 6.09 Å². The van der Waals surface area contributed by atoms with E-state index < -0.39 is 5.60 Å². The van der Waals surface area contributed by atoms with Crippen molar-refractivity contribution < 1.29 is 9.53 Å². The Labute approximate surface area is 143 Å². The molecule has 2 atom stereocenters. The Kier molecular flexibility index (Phi) is 8.38. The van der Waals surface area contributed by atoms with Crippen LogP contribution in [-0.2, 0) is 4.74 Å². The molecule has 0 heterocycles. The maximum atomic E-state index is 12.1. The van der Waals surface area contributed by atoms with Gasteiger partial charge in [-0.1, -0.05) is 26.7 Å². The Morgan fingerprint density at radius 3 is 2.57 bits per heavy atom. The van der Waals surface area contributed by atoms with E-state index in [1.165, 1.54) is 25.7 Å². The van der Waals surface area contributed by atoms with Crippen LogP contribution in [0.4, 0.5) is 4.79 Å². The Morgan fingerprint density at radius 1 is 1.30 bits per heavy atom. The number of rotatable bonds is 7. The maximum Gasteiger partial charge on any atom is 0.410 e. The number of nitrogens with zero attached hydrogens (tertiary/aromatic N) is 1. The van der Waals surface area contributed by atoms with Crippen molar-refractivity contribution in [1.82, 2.24) is 10.2 Å². The molecule has 1 N–H and O–H groups in total. The van der Waals surface area contributed by atoms with Crippen LogP contribution >= 0.6 is 0 Å². The highest BCUT2D eigenvalue weighted by Gasteiger charge is 2.24. The van der Waals surface area contributed by atoms with Crippen molar-refractivity contribution in [3.63, 3.8) is 0 Å². The Hall–Kier alpha value is -0.770. The quantitative estimate of drug-likeness (QED) is 0.703. The van der Waals surface area contributed by atoms with E-state index in [4.69, 9.17) is 4.74 Å². The second-order valence-electron chi connectivity index (χ2n) is 8.24. The molecule has 0 aliphatic heterocycles. The first kappa shape index (κ1) is 20.3. The number of hydrogen-bond donors (Lipinski definition) is 1. The molecule has 0 aromatic heterocycles. The zero-order valence-electron chi connectivity index (χ0n) is 16.2. The lowest BCUT2D eigenvalue weighted by Gasteiger charge is -2.32. The van der Waals surface area contributed by atoms with Crippen LogP contribution in [-0.4, -0.2) is 42.3 Å². The summed E-state index contributed by atoms with van der Waals surface area (Å²) in [7, 11) is 0. The van der Waals surface area contributed by atoms with Crippen molar-refractivity contribution in [2.75, 3.05) is 19.6 Å². The third-order valence-electron chi connectivity index (χ3n) is 4.73. The molecule has 1 fully saturated rings. The third-order valence-corrected chi connectivity index (χ3v) is 4.73. The Bertz CT molecular complexity index is 350. The van der Waals surface area contributed by atoms with Crippen molar-refractivity contribution in [3.05, 3.63) is 0 Å². The van der Waals surface area contributed by atoms with Crippen LogP contribution in [0.15, 0.2) is 0 Å². The minimum Gasteiger partial charge on any atom is -0.444 e. The number of nitrogens with one attached hydrogen (secondary N) is 1. The molecule has 136 valence electrons. The standard InChI is InChI=1S/C19H38N2O2/c1-7-21(18(22)23-19(4,5)6)13-9-12-20-17-11-8-10-16(14-17)15(2)3/h15-17,20H,7-14H2,1-6H3. The van der Waals surface area contributed by atoms with E-state index in [1.807, 2.05) is 27.7 Å². The second-order valence-corrected chi connectivity index (χ2v) is 8.24. The first-order valence-electron chi connectivity index (χ1n) is 9.44. The van der Waals surface area contributed by atoms with E-state index in [2.05, 4.69) is 19.2 Å². The fraction of sp³-hybridized carbons (Fsp3) is 0.947. The topological polar surface area (TPSA) is 41.6 Å². The molecule has 4 nitrogen and oxygen atoms in total. The third kappa shape index (κ3) is 8.05. The zero-order valence-corrected chi connectivity index (χ0v) is 16.2. The minimum atomic E-state index is -0.420. The summed E-state index contributed by atoms with van der Waals surface area (Å²) in [6.45, 7) is 14.9. The minimum absolute atomic E-state index is 0.197. The van der Waals surface area contributed by atoms with Crippen LogP contribution in [0.3, 0.4) is 0 Å². The maximum absolute atomic E-state index is 12.1. The summed E-state index contributed by atoms with van der Waals surface area (Å²) in [4.78, 5) is 13.9. The summed E-state index contributed by atoms with van der Waals surface area (Å²) < 4.78 is 5.44. The van der Waals surface area contributed by atoms with Gasteiger partial charge in [0.25, 0.3) is 0 Å². The molecule has 1 aliphatic carbocycles. The van der Waals surface area contributed by atoms with E-state index in [0.717, 1.165) is 31.3 Å². The van der Waals surface area contributed by atoms with Gasteiger partial charge in [0.15, 0.2) is 0 Å². The fourth-order valence-corrected chi connectivity index (χ4v) is 3.30. The number of carbonyl (C=O) groups excluding carboxylic acids is 1. The summed E-state index contributed by atoms with van der Waals surface area (Å²) in [5.41, 5.74) is -0.420. The first-order valence-corrected chi connectivity index (χ1v) is 9.44. The molecule has 0 aromatic rings. The van der Waals surface area contributed by atoms with Crippen LogP contribution in [0.25, 0.3) is 0 Å². The summed E-state index contributed by atoms with van der Waals surface area (Å²) in [5, 5.41) is 3.69. The monoisotopic (exact) mass is 326 g/mol. The van der Waals surface area contributed by atoms with Crippen LogP contribution in [0, 0.1) is 11.8 Å². The average Bonchev–Trinajstić information content (AvgIpc) is 2.45. The first-order chi connectivity index (χ1) is 10.7. The lowest BCUT2D eigenvalue weighted by atomic mass is 9.79. The lowest BCUT2D eigenvalue weighted by molar-refractivity contribution is 0.0258.